The molecule has 176 valence electrons. The minimum Gasteiger partial charge on any atom is -0.370 e. The van der Waals surface area contributed by atoms with Gasteiger partial charge in [-0.15, -0.1) is 0 Å². The molecular weight excluding hydrogens is 432 g/mol. The molecule has 0 atom stereocenters. The van der Waals surface area contributed by atoms with Crippen molar-refractivity contribution in [2.45, 2.75) is 40.2 Å². The van der Waals surface area contributed by atoms with Gasteiger partial charge in [-0.1, -0.05) is 20.8 Å². The largest absolute Gasteiger partial charge is 0.370 e. The number of aryl methyl sites for hydroxylation is 1. The smallest absolute Gasteiger partial charge is 0.257 e. The first-order valence-corrected chi connectivity index (χ1v) is 10.8. The minimum atomic E-state index is -0.477. The third-order valence-corrected chi connectivity index (χ3v) is 5.26. The summed E-state index contributed by atoms with van der Waals surface area (Å²) in [5.74, 6) is -0.644. The van der Waals surface area contributed by atoms with Crippen molar-refractivity contribution in [2.75, 3.05) is 17.3 Å². The minimum absolute atomic E-state index is 0.0191. The number of imidazole rings is 1. The molecule has 0 saturated carbocycles. The Morgan fingerprint density at radius 1 is 1.15 bits per heavy atom. The molecule has 3 N–H and O–H groups in total. The zero-order valence-electron chi connectivity index (χ0n) is 19.8. The molecule has 34 heavy (non-hydrogen) atoms. The molecule has 3 rings (SSSR count). The van der Waals surface area contributed by atoms with E-state index in [1.807, 2.05) is 26.8 Å². The summed E-state index contributed by atoms with van der Waals surface area (Å²) in [5.41, 5.74) is 7.93. The summed E-state index contributed by atoms with van der Waals surface area (Å²) in [5, 5.41) is 11.7. The van der Waals surface area contributed by atoms with Gasteiger partial charge in [0, 0.05) is 37.7 Å². The van der Waals surface area contributed by atoms with Crippen molar-refractivity contribution in [2.24, 2.45) is 11.1 Å². The van der Waals surface area contributed by atoms with E-state index < -0.39 is 11.8 Å². The number of aromatic nitrogens is 2. The first kappa shape index (κ1) is 24.5. The monoisotopic (exact) mass is 460 g/mol. The van der Waals surface area contributed by atoms with Gasteiger partial charge in [0.05, 0.1) is 22.7 Å². The van der Waals surface area contributed by atoms with Gasteiger partial charge in [0.15, 0.2) is 0 Å². The summed E-state index contributed by atoms with van der Waals surface area (Å²) in [7, 11) is 1.72. The number of carbonyl (C=O) groups excluding carboxylic acids is 3. The van der Waals surface area contributed by atoms with Crippen molar-refractivity contribution in [3.8, 4) is 6.07 Å². The van der Waals surface area contributed by atoms with E-state index in [2.05, 4.69) is 10.3 Å². The van der Waals surface area contributed by atoms with Gasteiger partial charge in [-0.25, -0.2) is 4.98 Å². The van der Waals surface area contributed by atoms with Gasteiger partial charge in [0.25, 0.3) is 5.91 Å². The molecule has 0 fully saturated rings. The lowest BCUT2D eigenvalue weighted by molar-refractivity contribution is -0.120. The molecule has 3 amide bonds. The van der Waals surface area contributed by atoms with Gasteiger partial charge < -0.3 is 15.2 Å². The molecule has 0 aliphatic rings. The van der Waals surface area contributed by atoms with E-state index in [4.69, 9.17) is 11.0 Å². The molecule has 0 saturated heterocycles. The number of primary amides is 1. The van der Waals surface area contributed by atoms with Crippen LogP contribution in [0.2, 0.25) is 0 Å². The van der Waals surface area contributed by atoms with Crippen LogP contribution in [0.4, 0.5) is 11.6 Å². The fraction of sp³-hybridized carbons (Fsp3) is 0.320. The molecule has 0 aliphatic carbocycles. The molecule has 0 unspecified atom stereocenters. The Hall–Kier alpha value is -4.19. The molecule has 9 nitrogen and oxygen atoms in total. The average molecular weight is 461 g/mol. The Morgan fingerprint density at radius 3 is 2.41 bits per heavy atom. The van der Waals surface area contributed by atoms with E-state index in [0.717, 1.165) is 0 Å². The van der Waals surface area contributed by atoms with Crippen LogP contribution in [0, 0.1) is 16.7 Å². The summed E-state index contributed by atoms with van der Waals surface area (Å²) in [6, 6.07) is 13.6. The predicted octanol–water partition coefficient (Wildman–Crippen LogP) is 3.43. The standard InChI is InChI=1S/C25H28N6O3/c1-25(2,3)14-22(33)30(4)18-9-10-20-19(13-18)28-24(31(20)12-11-21(27)32)29-23(34)17-7-5-16(15-26)6-8-17/h5-10,13H,11-12,14H2,1-4H3,(H2,27,32)(H,28,29,34). The molecule has 1 heterocycles. The summed E-state index contributed by atoms with van der Waals surface area (Å²) < 4.78 is 1.71. The van der Waals surface area contributed by atoms with Crippen LogP contribution < -0.4 is 16.0 Å². The summed E-state index contributed by atoms with van der Waals surface area (Å²) in [6.45, 7) is 6.24. The van der Waals surface area contributed by atoms with Gasteiger partial charge in [0.2, 0.25) is 17.8 Å². The predicted molar refractivity (Wildman–Crippen MR) is 130 cm³/mol. The van der Waals surface area contributed by atoms with Crippen LogP contribution in [0.25, 0.3) is 11.0 Å². The second kappa shape index (κ2) is 9.75. The molecule has 0 spiro atoms. The number of benzene rings is 2. The number of rotatable bonds is 7. The van der Waals surface area contributed by atoms with E-state index in [-0.39, 0.29) is 30.2 Å². The van der Waals surface area contributed by atoms with E-state index in [1.165, 1.54) is 0 Å². The maximum absolute atomic E-state index is 12.8. The SMILES string of the molecule is CN(C(=O)CC(C)(C)C)c1ccc2c(c1)nc(NC(=O)c1ccc(C#N)cc1)n2CCC(N)=O. The summed E-state index contributed by atoms with van der Waals surface area (Å²) in [6.07, 6.45) is 0.456. The number of nitrogens with zero attached hydrogens (tertiary/aromatic N) is 4. The van der Waals surface area contributed by atoms with Gasteiger partial charge in [-0.2, -0.15) is 5.26 Å². The zero-order chi connectivity index (χ0) is 25.0. The van der Waals surface area contributed by atoms with Crippen LogP contribution in [-0.4, -0.2) is 34.3 Å². The van der Waals surface area contributed by atoms with Gasteiger partial charge in [-0.05, 0) is 47.9 Å². The first-order chi connectivity index (χ1) is 16.0. The number of anilines is 2. The van der Waals surface area contributed by atoms with Crippen molar-refractivity contribution < 1.29 is 14.4 Å². The van der Waals surface area contributed by atoms with Crippen molar-refractivity contribution in [1.82, 2.24) is 9.55 Å². The van der Waals surface area contributed by atoms with Crippen LogP contribution in [0.1, 0.15) is 49.5 Å². The van der Waals surface area contributed by atoms with Gasteiger partial charge in [0.1, 0.15) is 0 Å². The third kappa shape index (κ3) is 5.78. The number of fused-ring (bicyclic) bond motifs is 1. The fourth-order valence-corrected chi connectivity index (χ4v) is 3.46. The average Bonchev–Trinajstić information content (AvgIpc) is 3.11. The normalized spacial score (nSPS) is 11.1. The molecule has 9 heteroatoms. The Bertz CT molecular complexity index is 1280. The fourth-order valence-electron chi connectivity index (χ4n) is 3.46. The van der Waals surface area contributed by atoms with E-state index in [9.17, 15) is 14.4 Å². The van der Waals surface area contributed by atoms with Crippen LogP contribution in [-0.2, 0) is 16.1 Å². The highest BCUT2D eigenvalue weighted by Gasteiger charge is 2.21. The molecule has 2 aromatic carbocycles. The highest BCUT2D eigenvalue weighted by Crippen LogP contribution is 2.27. The Morgan fingerprint density at radius 2 is 1.82 bits per heavy atom. The topological polar surface area (TPSA) is 134 Å². The number of carbonyl (C=O) groups is 3. The van der Waals surface area contributed by atoms with Crippen molar-refractivity contribution in [1.29, 1.82) is 5.26 Å². The lowest BCUT2D eigenvalue weighted by Gasteiger charge is -2.23. The highest BCUT2D eigenvalue weighted by atomic mass is 16.2. The molecule has 0 radical (unpaired) electrons. The number of nitrogens with two attached hydrogens (primary N) is 1. The quantitative estimate of drug-likeness (QED) is 0.557. The molecular formula is C25H28N6O3. The Labute approximate surface area is 198 Å². The van der Waals surface area contributed by atoms with Gasteiger partial charge >= 0.3 is 0 Å². The first-order valence-electron chi connectivity index (χ1n) is 10.8. The third-order valence-electron chi connectivity index (χ3n) is 5.26. The number of hydrogen-bond acceptors (Lipinski definition) is 5. The van der Waals surface area contributed by atoms with Gasteiger partial charge in [-0.3, -0.25) is 19.7 Å². The molecule has 0 bridgehead atoms. The highest BCUT2D eigenvalue weighted by molar-refractivity contribution is 6.04. The number of nitriles is 1. The molecule has 1 aromatic heterocycles. The van der Waals surface area contributed by atoms with Crippen molar-refractivity contribution >= 4 is 40.4 Å². The zero-order valence-corrected chi connectivity index (χ0v) is 19.8. The summed E-state index contributed by atoms with van der Waals surface area (Å²) in [4.78, 5) is 43.0. The second-order valence-corrected chi connectivity index (χ2v) is 9.31. The van der Waals surface area contributed by atoms with Crippen LogP contribution >= 0.6 is 0 Å². The number of amides is 3. The van der Waals surface area contributed by atoms with Crippen LogP contribution in [0.3, 0.4) is 0 Å². The Balaban J connectivity index is 1.95. The second-order valence-electron chi connectivity index (χ2n) is 9.31. The maximum atomic E-state index is 12.8. The van der Waals surface area contributed by atoms with E-state index >= 15 is 0 Å². The maximum Gasteiger partial charge on any atom is 0.257 e. The van der Waals surface area contributed by atoms with Crippen molar-refractivity contribution in [3.63, 3.8) is 0 Å². The van der Waals surface area contributed by atoms with E-state index in [1.54, 1.807) is 59.0 Å². The number of hydrogen-bond donors (Lipinski definition) is 2. The van der Waals surface area contributed by atoms with Crippen LogP contribution in [0.15, 0.2) is 42.5 Å². The van der Waals surface area contributed by atoms with Crippen LogP contribution in [0.5, 0.6) is 0 Å². The van der Waals surface area contributed by atoms with E-state index in [0.29, 0.717) is 34.3 Å². The molecule has 3 aromatic rings. The summed E-state index contributed by atoms with van der Waals surface area (Å²) >= 11 is 0. The lowest BCUT2D eigenvalue weighted by Crippen LogP contribution is -2.29. The molecule has 0 aliphatic heterocycles. The van der Waals surface area contributed by atoms with Crippen molar-refractivity contribution in [3.05, 3.63) is 53.6 Å². The Kier molecular flexibility index (Phi) is 7.01. The number of nitrogens with one attached hydrogen (secondary N) is 1. The lowest BCUT2D eigenvalue weighted by atomic mass is 9.91.